The standard InChI is InChI=1S/C11H18N2O2S2.ClH/c1-8-6-9(2)16-11(8)17(14,15)13(3)10-4-5-12-7-10;/h6,10,12H,4-5,7H2,1-3H3;1H. The average Bonchev–Trinajstić information content (AvgIpc) is 2.86. The molecule has 1 atom stereocenters. The summed E-state index contributed by atoms with van der Waals surface area (Å²) >= 11 is 1.36. The van der Waals surface area contributed by atoms with Crippen LogP contribution >= 0.6 is 23.7 Å². The van der Waals surface area contributed by atoms with Crippen molar-refractivity contribution in [2.75, 3.05) is 20.1 Å². The van der Waals surface area contributed by atoms with E-state index in [4.69, 9.17) is 0 Å². The lowest BCUT2D eigenvalue weighted by molar-refractivity contribution is 0.388. The van der Waals surface area contributed by atoms with Gasteiger partial charge in [-0.3, -0.25) is 0 Å². The van der Waals surface area contributed by atoms with E-state index in [0.717, 1.165) is 30.0 Å². The van der Waals surface area contributed by atoms with E-state index in [-0.39, 0.29) is 18.4 Å². The summed E-state index contributed by atoms with van der Waals surface area (Å²) in [5.74, 6) is 0. The van der Waals surface area contributed by atoms with Gasteiger partial charge in [-0.15, -0.1) is 23.7 Å². The van der Waals surface area contributed by atoms with Gasteiger partial charge < -0.3 is 5.32 Å². The van der Waals surface area contributed by atoms with E-state index >= 15 is 0 Å². The van der Waals surface area contributed by atoms with Crippen LogP contribution in [0.3, 0.4) is 0 Å². The van der Waals surface area contributed by atoms with Gasteiger partial charge in [-0.25, -0.2) is 8.42 Å². The van der Waals surface area contributed by atoms with Crippen molar-refractivity contribution >= 4 is 33.8 Å². The van der Waals surface area contributed by atoms with Crippen LogP contribution in [-0.2, 0) is 10.0 Å². The number of likely N-dealkylation sites (N-methyl/N-ethyl adjacent to an activating group) is 1. The zero-order chi connectivity index (χ0) is 12.6. The number of sulfonamides is 1. The lowest BCUT2D eigenvalue weighted by atomic mass is 10.3. The Morgan fingerprint density at radius 2 is 2.11 bits per heavy atom. The summed E-state index contributed by atoms with van der Waals surface area (Å²) in [5.41, 5.74) is 0.852. The van der Waals surface area contributed by atoms with E-state index in [9.17, 15) is 8.42 Å². The minimum Gasteiger partial charge on any atom is -0.315 e. The smallest absolute Gasteiger partial charge is 0.252 e. The molecular formula is C11H19ClN2O2S2. The minimum absolute atomic E-state index is 0. The Balaban J connectivity index is 0.00000162. The number of hydrogen-bond donors (Lipinski definition) is 1. The SMILES string of the molecule is Cc1cc(C)c(S(=O)(=O)N(C)C2CCNC2)s1.Cl. The van der Waals surface area contributed by atoms with Crippen LogP contribution in [0.5, 0.6) is 0 Å². The maximum Gasteiger partial charge on any atom is 0.252 e. The second kappa shape index (κ2) is 5.88. The van der Waals surface area contributed by atoms with Crippen LogP contribution in [-0.4, -0.2) is 38.9 Å². The summed E-state index contributed by atoms with van der Waals surface area (Å²) in [6.07, 6.45) is 0.888. The molecule has 1 aromatic heterocycles. The Morgan fingerprint density at radius 3 is 2.56 bits per heavy atom. The largest absolute Gasteiger partial charge is 0.315 e. The fraction of sp³-hybridized carbons (Fsp3) is 0.636. The number of aryl methyl sites for hydroxylation is 2. The Kier molecular flexibility index (Phi) is 5.20. The highest BCUT2D eigenvalue weighted by molar-refractivity contribution is 7.91. The van der Waals surface area contributed by atoms with Crippen molar-refractivity contribution in [3.8, 4) is 0 Å². The van der Waals surface area contributed by atoms with Crippen molar-refractivity contribution in [1.82, 2.24) is 9.62 Å². The van der Waals surface area contributed by atoms with Crippen LogP contribution in [0.1, 0.15) is 16.9 Å². The van der Waals surface area contributed by atoms with Gasteiger partial charge in [-0.2, -0.15) is 4.31 Å². The minimum atomic E-state index is -3.32. The molecule has 0 aliphatic carbocycles. The molecule has 0 bridgehead atoms. The molecule has 1 saturated heterocycles. The van der Waals surface area contributed by atoms with Crippen molar-refractivity contribution in [2.24, 2.45) is 0 Å². The van der Waals surface area contributed by atoms with Gasteiger partial charge in [0.15, 0.2) is 0 Å². The topological polar surface area (TPSA) is 49.4 Å². The first-order chi connectivity index (χ1) is 7.93. The number of rotatable bonds is 3. The Morgan fingerprint density at radius 1 is 1.44 bits per heavy atom. The zero-order valence-electron chi connectivity index (χ0n) is 10.8. The predicted octanol–water partition coefficient (Wildman–Crippen LogP) is 1.77. The monoisotopic (exact) mass is 310 g/mol. The molecule has 0 saturated carbocycles. The van der Waals surface area contributed by atoms with Gasteiger partial charge in [0, 0.05) is 24.5 Å². The third-order valence-corrected chi connectivity index (χ3v) is 6.83. The summed E-state index contributed by atoms with van der Waals surface area (Å²) in [6.45, 7) is 5.44. The van der Waals surface area contributed by atoms with Crippen LogP contribution in [0.4, 0.5) is 0 Å². The second-order valence-electron chi connectivity index (χ2n) is 4.50. The van der Waals surface area contributed by atoms with Gasteiger partial charge >= 0.3 is 0 Å². The quantitative estimate of drug-likeness (QED) is 0.925. The van der Waals surface area contributed by atoms with Crippen molar-refractivity contribution in [1.29, 1.82) is 0 Å². The highest BCUT2D eigenvalue weighted by Crippen LogP contribution is 2.29. The normalized spacial score (nSPS) is 20.1. The summed E-state index contributed by atoms with van der Waals surface area (Å²) in [7, 11) is -1.64. The number of nitrogens with one attached hydrogen (secondary N) is 1. The summed E-state index contributed by atoms with van der Waals surface area (Å²) in [4.78, 5) is 1.04. The predicted molar refractivity (Wildman–Crippen MR) is 77.3 cm³/mol. The second-order valence-corrected chi connectivity index (χ2v) is 7.94. The number of halogens is 1. The average molecular weight is 311 g/mol. The first-order valence-corrected chi connectivity index (χ1v) is 7.94. The maximum atomic E-state index is 12.5. The fourth-order valence-electron chi connectivity index (χ4n) is 2.15. The van der Waals surface area contributed by atoms with E-state index in [0.29, 0.717) is 4.21 Å². The van der Waals surface area contributed by atoms with E-state index in [1.54, 1.807) is 7.05 Å². The Hall–Kier alpha value is -0.140. The molecule has 104 valence electrons. The van der Waals surface area contributed by atoms with Crippen molar-refractivity contribution in [3.05, 3.63) is 16.5 Å². The molecule has 18 heavy (non-hydrogen) atoms. The third kappa shape index (κ3) is 2.88. The highest BCUT2D eigenvalue weighted by atomic mass is 35.5. The summed E-state index contributed by atoms with van der Waals surface area (Å²) in [6, 6.07) is 2.01. The molecule has 0 spiro atoms. The summed E-state index contributed by atoms with van der Waals surface area (Å²) in [5, 5.41) is 3.19. The lowest BCUT2D eigenvalue weighted by Gasteiger charge is -2.22. The Labute approximate surface area is 119 Å². The molecule has 2 heterocycles. The van der Waals surface area contributed by atoms with E-state index in [1.807, 2.05) is 19.9 Å². The first-order valence-electron chi connectivity index (χ1n) is 5.68. The molecule has 0 radical (unpaired) electrons. The van der Waals surface area contributed by atoms with Crippen LogP contribution in [0.25, 0.3) is 0 Å². The van der Waals surface area contributed by atoms with Gasteiger partial charge in [0.1, 0.15) is 4.21 Å². The molecule has 1 aliphatic heterocycles. The lowest BCUT2D eigenvalue weighted by Crippen LogP contribution is -2.38. The molecule has 1 fully saturated rings. The molecule has 1 N–H and O–H groups in total. The van der Waals surface area contributed by atoms with Crippen LogP contribution in [0.2, 0.25) is 0 Å². The zero-order valence-corrected chi connectivity index (χ0v) is 13.2. The molecule has 4 nitrogen and oxygen atoms in total. The van der Waals surface area contributed by atoms with E-state index in [1.165, 1.54) is 15.6 Å². The molecular weight excluding hydrogens is 292 g/mol. The maximum absolute atomic E-state index is 12.5. The van der Waals surface area contributed by atoms with Crippen LogP contribution in [0, 0.1) is 13.8 Å². The van der Waals surface area contributed by atoms with E-state index < -0.39 is 10.0 Å². The van der Waals surface area contributed by atoms with Gasteiger partial charge in [-0.1, -0.05) is 0 Å². The van der Waals surface area contributed by atoms with Gasteiger partial charge in [-0.05, 0) is 38.4 Å². The van der Waals surface area contributed by atoms with Gasteiger partial charge in [0.25, 0.3) is 10.0 Å². The number of thiophene rings is 1. The van der Waals surface area contributed by atoms with Gasteiger partial charge in [0.05, 0.1) is 0 Å². The van der Waals surface area contributed by atoms with Crippen molar-refractivity contribution in [3.63, 3.8) is 0 Å². The molecule has 0 aromatic carbocycles. The van der Waals surface area contributed by atoms with Crippen LogP contribution in [0.15, 0.2) is 10.3 Å². The number of hydrogen-bond acceptors (Lipinski definition) is 4. The molecule has 1 aromatic rings. The third-order valence-electron chi connectivity index (χ3n) is 3.16. The van der Waals surface area contributed by atoms with Crippen LogP contribution < -0.4 is 5.32 Å². The highest BCUT2D eigenvalue weighted by Gasteiger charge is 2.31. The molecule has 1 aliphatic rings. The molecule has 1 unspecified atom stereocenters. The molecule has 2 rings (SSSR count). The Bertz CT molecular complexity index is 507. The fourth-order valence-corrected chi connectivity index (χ4v) is 5.37. The van der Waals surface area contributed by atoms with Gasteiger partial charge in [0.2, 0.25) is 0 Å². The summed E-state index contributed by atoms with van der Waals surface area (Å²) < 4.78 is 26.9. The molecule has 0 amide bonds. The van der Waals surface area contributed by atoms with E-state index in [2.05, 4.69) is 5.32 Å². The van der Waals surface area contributed by atoms with Crippen molar-refractivity contribution < 1.29 is 8.42 Å². The molecule has 7 heteroatoms. The first kappa shape index (κ1) is 15.9. The number of nitrogens with zero attached hydrogens (tertiary/aromatic N) is 1. The van der Waals surface area contributed by atoms with Crippen molar-refractivity contribution in [2.45, 2.75) is 30.5 Å².